The Labute approximate surface area is 120 Å². The number of phenolic OH excluding ortho intramolecular Hbond substituents is 1. The van der Waals surface area contributed by atoms with Crippen molar-refractivity contribution in [3.8, 4) is 5.75 Å². The molecular weight excluding hydrogens is 252 g/mol. The van der Waals surface area contributed by atoms with E-state index in [0.29, 0.717) is 12.5 Å². The van der Waals surface area contributed by atoms with Crippen molar-refractivity contribution < 1.29 is 9.90 Å². The molecule has 1 amide bonds. The molecule has 0 spiro atoms. The summed E-state index contributed by atoms with van der Waals surface area (Å²) in [5.74, 6) is 0.774. The van der Waals surface area contributed by atoms with Gasteiger partial charge in [0.25, 0.3) is 0 Å². The van der Waals surface area contributed by atoms with E-state index in [1.807, 2.05) is 12.1 Å². The molecule has 2 rings (SSSR count). The second-order valence-corrected chi connectivity index (χ2v) is 5.91. The first-order valence-electron chi connectivity index (χ1n) is 7.31. The molecule has 20 heavy (non-hydrogen) atoms. The van der Waals surface area contributed by atoms with Gasteiger partial charge < -0.3 is 15.7 Å². The Bertz CT molecular complexity index is 448. The van der Waals surface area contributed by atoms with E-state index >= 15 is 0 Å². The number of benzene rings is 1. The molecule has 1 unspecified atom stereocenters. The van der Waals surface area contributed by atoms with E-state index in [-0.39, 0.29) is 17.1 Å². The molecule has 1 aromatic rings. The van der Waals surface area contributed by atoms with Crippen molar-refractivity contribution in [3.05, 3.63) is 29.8 Å². The van der Waals surface area contributed by atoms with Gasteiger partial charge in [0.05, 0.1) is 5.41 Å². The number of carbonyl (C=O) groups is 1. The quantitative estimate of drug-likeness (QED) is 0.767. The Balaban J connectivity index is 1.87. The lowest BCUT2D eigenvalue weighted by molar-refractivity contribution is -0.132. The molecule has 110 valence electrons. The Morgan fingerprint density at radius 1 is 1.40 bits per heavy atom. The molecule has 3 N–H and O–H groups in total. The lowest BCUT2D eigenvalue weighted by Crippen LogP contribution is -2.46. The smallest absolute Gasteiger partial charge is 0.227 e. The highest BCUT2D eigenvalue weighted by atomic mass is 16.3. The third-order valence-electron chi connectivity index (χ3n) is 4.38. The maximum atomic E-state index is 12.5. The second kappa shape index (κ2) is 6.27. The van der Waals surface area contributed by atoms with Crippen molar-refractivity contribution >= 4 is 5.91 Å². The third kappa shape index (κ3) is 3.12. The minimum atomic E-state index is -0.255. The van der Waals surface area contributed by atoms with E-state index in [0.717, 1.165) is 31.5 Å². The first-order chi connectivity index (χ1) is 9.54. The normalized spacial score (nSPS) is 22.1. The van der Waals surface area contributed by atoms with E-state index in [1.165, 1.54) is 0 Å². The highest BCUT2D eigenvalue weighted by Crippen LogP contribution is 2.34. The Morgan fingerprint density at radius 3 is 2.65 bits per heavy atom. The van der Waals surface area contributed by atoms with Crippen molar-refractivity contribution in [2.45, 2.75) is 26.7 Å². The zero-order valence-corrected chi connectivity index (χ0v) is 12.3. The van der Waals surface area contributed by atoms with Gasteiger partial charge in [0.1, 0.15) is 5.75 Å². The van der Waals surface area contributed by atoms with Gasteiger partial charge >= 0.3 is 0 Å². The van der Waals surface area contributed by atoms with E-state index in [1.54, 1.807) is 12.1 Å². The molecule has 4 heteroatoms. The minimum absolute atomic E-state index is 0.163. The summed E-state index contributed by atoms with van der Waals surface area (Å²) < 4.78 is 0. The van der Waals surface area contributed by atoms with Gasteiger partial charge in [-0.25, -0.2) is 0 Å². The fourth-order valence-corrected chi connectivity index (χ4v) is 2.82. The molecule has 1 fully saturated rings. The fourth-order valence-electron chi connectivity index (χ4n) is 2.82. The van der Waals surface area contributed by atoms with Crippen LogP contribution in [0.2, 0.25) is 0 Å². The van der Waals surface area contributed by atoms with Crippen LogP contribution in [-0.2, 0) is 11.2 Å². The van der Waals surface area contributed by atoms with Gasteiger partial charge in [0.15, 0.2) is 0 Å². The summed E-state index contributed by atoms with van der Waals surface area (Å²) in [7, 11) is 0. The number of nitrogens with one attached hydrogen (secondary N) is 2. The molecule has 1 aliphatic rings. The van der Waals surface area contributed by atoms with Crippen LogP contribution in [-0.4, -0.2) is 30.6 Å². The minimum Gasteiger partial charge on any atom is -0.508 e. The molecule has 4 nitrogen and oxygen atoms in total. The standard InChI is InChI=1S/C16H24N2O2/c1-12(2)16(8-10-17-11-16)15(20)18-9-7-13-3-5-14(19)6-4-13/h3-6,12,17,19H,7-11H2,1-2H3,(H,18,20). The van der Waals surface area contributed by atoms with Crippen LogP contribution in [0.4, 0.5) is 0 Å². The molecule has 1 aromatic carbocycles. The molecule has 0 saturated carbocycles. The Hall–Kier alpha value is -1.55. The Morgan fingerprint density at radius 2 is 2.10 bits per heavy atom. The van der Waals surface area contributed by atoms with Crippen LogP contribution in [0.5, 0.6) is 5.75 Å². The molecule has 0 aliphatic carbocycles. The zero-order valence-electron chi connectivity index (χ0n) is 12.3. The summed E-state index contributed by atoms with van der Waals surface area (Å²) >= 11 is 0. The summed E-state index contributed by atoms with van der Waals surface area (Å²) in [5.41, 5.74) is 0.862. The summed E-state index contributed by atoms with van der Waals surface area (Å²) in [5, 5.41) is 15.6. The van der Waals surface area contributed by atoms with Crippen LogP contribution in [0.3, 0.4) is 0 Å². The van der Waals surface area contributed by atoms with Crippen molar-refractivity contribution in [3.63, 3.8) is 0 Å². The van der Waals surface area contributed by atoms with Gasteiger partial charge in [0.2, 0.25) is 5.91 Å². The number of phenols is 1. The summed E-state index contributed by atoms with van der Waals surface area (Å²) in [6.45, 7) is 6.57. The lowest BCUT2D eigenvalue weighted by atomic mass is 9.75. The van der Waals surface area contributed by atoms with E-state index in [2.05, 4.69) is 24.5 Å². The van der Waals surface area contributed by atoms with Crippen molar-refractivity contribution in [2.75, 3.05) is 19.6 Å². The summed E-state index contributed by atoms with van der Waals surface area (Å²) in [4.78, 5) is 12.5. The van der Waals surface area contributed by atoms with Gasteiger partial charge in [-0.2, -0.15) is 0 Å². The maximum absolute atomic E-state index is 12.5. The SMILES string of the molecule is CC(C)C1(C(=O)NCCc2ccc(O)cc2)CCNC1. The number of amides is 1. The van der Waals surface area contributed by atoms with Crippen molar-refractivity contribution in [1.29, 1.82) is 0 Å². The third-order valence-corrected chi connectivity index (χ3v) is 4.38. The number of aromatic hydroxyl groups is 1. The highest BCUT2D eigenvalue weighted by molar-refractivity contribution is 5.83. The number of carbonyl (C=O) groups excluding carboxylic acids is 1. The largest absolute Gasteiger partial charge is 0.508 e. The average molecular weight is 276 g/mol. The molecule has 1 heterocycles. The average Bonchev–Trinajstić information content (AvgIpc) is 2.91. The van der Waals surface area contributed by atoms with E-state index in [4.69, 9.17) is 0 Å². The molecule has 0 aromatic heterocycles. The van der Waals surface area contributed by atoms with E-state index < -0.39 is 0 Å². The topological polar surface area (TPSA) is 61.4 Å². The second-order valence-electron chi connectivity index (χ2n) is 5.91. The highest BCUT2D eigenvalue weighted by Gasteiger charge is 2.43. The molecule has 1 saturated heterocycles. The fraction of sp³-hybridized carbons (Fsp3) is 0.562. The molecule has 1 aliphatic heterocycles. The van der Waals surface area contributed by atoms with Gasteiger partial charge in [-0.3, -0.25) is 4.79 Å². The number of hydrogen-bond donors (Lipinski definition) is 3. The zero-order chi connectivity index (χ0) is 14.6. The predicted octanol–water partition coefficient (Wildman–Crippen LogP) is 1.69. The van der Waals surface area contributed by atoms with Gasteiger partial charge in [-0.1, -0.05) is 26.0 Å². The van der Waals surface area contributed by atoms with E-state index in [9.17, 15) is 9.90 Å². The molecular formula is C16H24N2O2. The van der Waals surface area contributed by atoms with Gasteiger partial charge in [0, 0.05) is 13.1 Å². The van der Waals surface area contributed by atoms with Crippen LogP contribution in [0, 0.1) is 11.3 Å². The van der Waals surface area contributed by atoms with Crippen molar-refractivity contribution in [2.24, 2.45) is 11.3 Å². The van der Waals surface area contributed by atoms with Crippen molar-refractivity contribution in [1.82, 2.24) is 10.6 Å². The molecule has 0 radical (unpaired) electrons. The predicted molar refractivity (Wildman–Crippen MR) is 79.6 cm³/mol. The summed E-state index contributed by atoms with van der Waals surface area (Å²) in [6, 6.07) is 7.12. The van der Waals surface area contributed by atoms with Crippen LogP contribution in [0.25, 0.3) is 0 Å². The first-order valence-corrected chi connectivity index (χ1v) is 7.31. The van der Waals surface area contributed by atoms with Crippen LogP contribution >= 0.6 is 0 Å². The molecule has 0 bridgehead atoms. The first kappa shape index (κ1) is 14.9. The van der Waals surface area contributed by atoms with Gasteiger partial charge in [-0.15, -0.1) is 0 Å². The monoisotopic (exact) mass is 276 g/mol. The number of rotatable bonds is 5. The maximum Gasteiger partial charge on any atom is 0.227 e. The lowest BCUT2D eigenvalue weighted by Gasteiger charge is -2.31. The molecule has 1 atom stereocenters. The van der Waals surface area contributed by atoms with Gasteiger partial charge in [-0.05, 0) is 43.0 Å². The van der Waals surface area contributed by atoms with Crippen LogP contribution < -0.4 is 10.6 Å². The number of hydrogen-bond acceptors (Lipinski definition) is 3. The van der Waals surface area contributed by atoms with Crippen LogP contribution in [0.15, 0.2) is 24.3 Å². The summed E-state index contributed by atoms with van der Waals surface area (Å²) in [6.07, 6.45) is 1.70. The Kier molecular flexibility index (Phi) is 4.65. The van der Waals surface area contributed by atoms with Crippen LogP contribution in [0.1, 0.15) is 25.8 Å².